The van der Waals surface area contributed by atoms with Crippen molar-refractivity contribution in [2.24, 2.45) is 0 Å². The number of halogens is 2. The van der Waals surface area contributed by atoms with E-state index in [1.54, 1.807) is 24.3 Å². The lowest BCUT2D eigenvalue weighted by atomic mass is 10.2. The molecule has 2 aromatic carbocycles. The topological polar surface area (TPSA) is 41.1 Å². The van der Waals surface area contributed by atoms with E-state index in [0.29, 0.717) is 10.6 Å². The molecule has 0 fully saturated rings. The Kier molecular flexibility index (Phi) is 5.33. The van der Waals surface area contributed by atoms with Gasteiger partial charge in [-0.05, 0) is 55.0 Å². The highest BCUT2D eigenvalue weighted by Gasteiger charge is 2.11. The highest BCUT2D eigenvalue weighted by Crippen LogP contribution is 2.20. The molecule has 21 heavy (non-hydrogen) atoms. The Morgan fingerprint density at radius 2 is 1.95 bits per heavy atom. The lowest BCUT2D eigenvalue weighted by Gasteiger charge is -2.12. The Morgan fingerprint density at radius 1 is 1.24 bits per heavy atom. The molecule has 2 aromatic rings. The van der Waals surface area contributed by atoms with Crippen LogP contribution in [-0.4, -0.2) is 11.0 Å². The van der Waals surface area contributed by atoms with E-state index in [1.807, 2.05) is 25.1 Å². The highest BCUT2D eigenvalue weighted by molar-refractivity contribution is 9.10. The van der Waals surface area contributed by atoms with Crippen LogP contribution in [0, 0.1) is 6.92 Å². The van der Waals surface area contributed by atoms with E-state index in [0.717, 1.165) is 15.7 Å². The molecule has 0 saturated heterocycles. The lowest BCUT2D eigenvalue weighted by molar-refractivity contribution is 0.0978. The minimum Gasteiger partial charge on any atom is -0.332 e. The molecule has 0 radical (unpaired) electrons. The zero-order valence-corrected chi connectivity index (χ0v) is 14.3. The molecule has 0 unspecified atom stereocenters. The molecule has 6 heteroatoms. The van der Waals surface area contributed by atoms with Crippen molar-refractivity contribution in [3.8, 4) is 0 Å². The molecule has 0 aliphatic heterocycles. The van der Waals surface area contributed by atoms with Crippen LogP contribution in [0.5, 0.6) is 0 Å². The maximum Gasteiger partial charge on any atom is 0.258 e. The molecule has 0 spiro atoms. The van der Waals surface area contributed by atoms with Gasteiger partial charge in [-0.3, -0.25) is 10.1 Å². The van der Waals surface area contributed by atoms with Gasteiger partial charge in [-0.25, -0.2) is 0 Å². The van der Waals surface area contributed by atoms with Gasteiger partial charge in [-0.2, -0.15) is 0 Å². The molecule has 0 saturated carbocycles. The molecule has 2 N–H and O–H groups in total. The Hall–Kier alpha value is -1.43. The zero-order chi connectivity index (χ0) is 15.4. The normalized spacial score (nSPS) is 10.0. The molecule has 108 valence electrons. The number of anilines is 1. The molecule has 0 aromatic heterocycles. The van der Waals surface area contributed by atoms with Crippen molar-refractivity contribution >= 4 is 56.5 Å². The van der Waals surface area contributed by atoms with E-state index in [1.165, 1.54) is 0 Å². The molecular weight excluding hydrogens is 372 g/mol. The monoisotopic (exact) mass is 382 g/mol. The van der Waals surface area contributed by atoms with Gasteiger partial charge in [0.25, 0.3) is 5.91 Å². The summed E-state index contributed by atoms with van der Waals surface area (Å²) >= 11 is 14.5. The van der Waals surface area contributed by atoms with E-state index >= 15 is 0 Å². The smallest absolute Gasteiger partial charge is 0.258 e. The van der Waals surface area contributed by atoms with Gasteiger partial charge < -0.3 is 5.32 Å². The van der Waals surface area contributed by atoms with E-state index in [4.69, 9.17) is 23.8 Å². The van der Waals surface area contributed by atoms with Crippen molar-refractivity contribution in [3.05, 3.63) is 63.1 Å². The zero-order valence-electron chi connectivity index (χ0n) is 11.1. The summed E-state index contributed by atoms with van der Waals surface area (Å²) in [6.45, 7) is 1.95. The fourth-order valence-corrected chi connectivity index (χ4v) is 2.64. The average Bonchev–Trinajstić information content (AvgIpc) is 2.42. The number of thiocarbonyl (C=S) groups is 1. The van der Waals surface area contributed by atoms with Crippen molar-refractivity contribution in [2.45, 2.75) is 6.92 Å². The number of aryl methyl sites for hydroxylation is 1. The summed E-state index contributed by atoms with van der Waals surface area (Å²) in [5.41, 5.74) is 2.23. The number of nitrogens with one attached hydrogen (secondary N) is 2. The van der Waals surface area contributed by atoms with Crippen molar-refractivity contribution in [1.29, 1.82) is 0 Å². The maximum absolute atomic E-state index is 12.1. The quantitative estimate of drug-likeness (QED) is 0.748. The van der Waals surface area contributed by atoms with Crippen LogP contribution < -0.4 is 10.6 Å². The second kappa shape index (κ2) is 7.02. The molecular formula is C15H12BrClN2OS. The summed E-state index contributed by atoms with van der Waals surface area (Å²) in [5, 5.41) is 6.22. The Balaban J connectivity index is 2.05. The second-order valence-corrected chi connectivity index (χ2v) is 6.08. The highest BCUT2D eigenvalue weighted by atomic mass is 79.9. The number of carbonyl (C=O) groups excluding carboxylic acids is 1. The standard InChI is InChI=1S/C15H12BrClN2OS/c1-9-8-10(16)6-7-13(9)18-15(21)19-14(20)11-4-2-3-5-12(11)17/h2-8H,1H3,(H2,18,19,20,21). The summed E-state index contributed by atoms with van der Waals surface area (Å²) in [5.74, 6) is -0.340. The number of hydrogen-bond acceptors (Lipinski definition) is 2. The Labute approximate surface area is 141 Å². The van der Waals surface area contributed by atoms with Gasteiger partial charge >= 0.3 is 0 Å². The predicted octanol–water partition coefficient (Wildman–Crippen LogP) is 4.54. The van der Waals surface area contributed by atoms with Crippen molar-refractivity contribution in [1.82, 2.24) is 5.32 Å². The first-order valence-corrected chi connectivity index (χ1v) is 7.68. The van der Waals surface area contributed by atoms with Crippen LogP contribution in [-0.2, 0) is 0 Å². The fourth-order valence-electron chi connectivity index (χ4n) is 1.74. The molecule has 0 aliphatic rings. The fraction of sp³-hybridized carbons (Fsp3) is 0.0667. The number of carbonyl (C=O) groups is 1. The first-order chi connectivity index (χ1) is 9.97. The summed E-state index contributed by atoms with van der Waals surface area (Å²) in [6.07, 6.45) is 0. The van der Waals surface area contributed by atoms with Crippen LogP contribution in [0.2, 0.25) is 5.02 Å². The molecule has 0 bridgehead atoms. The summed E-state index contributed by atoms with van der Waals surface area (Å²) < 4.78 is 0.983. The van der Waals surface area contributed by atoms with Gasteiger partial charge in [0.05, 0.1) is 10.6 Å². The molecule has 0 heterocycles. The van der Waals surface area contributed by atoms with E-state index < -0.39 is 0 Å². The first-order valence-electron chi connectivity index (χ1n) is 6.10. The van der Waals surface area contributed by atoms with Gasteiger partial charge in [-0.1, -0.05) is 39.7 Å². The van der Waals surface area contributed by atoms with Gasteiger partial charge in [0, 0.05) is 10.2 Å². The Bertz CT molecular complexity index is 706. The molecule has 2 rings (SSSR count). The molecule has 0 atom stereocenters. The third-order valence-electron chi connectivity index (χ3n) is 2.78. The lowest BCUT2D eigenvalue weighted by Crippen LogP contribution is -2.34. The van der Waals surface area contributed by atoms with Gasteiger partial charge in [0.2, 0.25) is 0 Å². The number of hydrogen-bond donors (Lipinski definition) is 2. The summed E-state index contributed by atoms with van der Waals surface area (Å²) in [6, 6.07) is 12.6. The van der Waals surface area contributed by atoms with Gasteiger partial charge in [-0.15, -0.1) is 0 Å². The number of rotatable bonds is 2. The van der Waals surface area contributed by atoms with E-state index in [-0.39, 0.29) is 11.0 Å². The van der Waals surface area contributed by atoms with Crippen molar-refractivity contribution < 1.29 is 4.79 Å². The van der Waals surface area contributed by atoms with Gasteiger partial charge in [0.1, 0.15) is 0 Å². The third-order valence-corrected chi connectivity index (χ3v) is 3.81. The van der Waals surface area contributed by atoms with Crippen LogP contribution in [0.3, 0.4) is 0 Å². The van der Waals surface area contributed by atoms with Crippen LogP contribution in [0.1, 0.15) is 15.9 Å². The average molecular weight is 384 g/mol. The number of amides is 1. The van der Waals surface area contributed by atoms with E-state index in [2.05, 4.69) is 26.6 Å². The molecule has 3 nitrogen and oxygen atoms in total. The van der Waals surface area contributed by atoms with Crippen LogP contribution in [0.25, 0.3) is 0 Å². The van der Waals surface area contributed by atoms with Crippen LogP contribution in [0.15, 0.2) is 46.9 Å². The molecule has 1 amide bonds. The van der Waals surface area contributed by atoms with Crippen molar-refractivity contribution in [2.75, 3.05) is 5.32 Å². The minimum atomic E-state index is -0.340. The summed E-state index contributed by atoms with van der Waals surface area (Å²) in [7, 11) is 0. The van der Waals surface area contributed by atoms with E-state index in [9.17, 15) is 4.79 Å². The number of benzene rings is 2. The largest absolute Gasteiger partial charge is 0.332 e. The van der Waals surface area contributed by atoms with Crippen molar-refractivity contribution in [3.63, 3.8) is 0 Å². The third kappa shape index (κ3) is 4.27. The van der Waals surface area contributed by atoms with Crippen LogP contribution in [0.4, 0.5) is 5.69 Å². The molecule has 0 aliphatic carbocycles. The predicted molar refractivity (Wildman–Crippen MR) is 94.0 cm³/mol. The SMILES string of the molecule is Cc1cc(Br)ccc1NC(=S)NC(=O)c1ccccc1Cl. The second-order valence-electron chi connectivity index (χ2n) is 4.35. The first kappa shape index (κ1) is 15.9. The minimum absolute atomic E-state index is 0.227. The Morgan fingerprint density at radius 3 is 2.62 bits per heavy atom. The van der Waals surface area contributed by atoms with Crippen LogP contribution >= 0.6 is 39.7 Å². The van der Waals surface area contributed by atoms with Gasteiger partial charge in [0.15, 0.2) is 5.11 Å². The maximum atomic E-state index is 12.1. The summed E-state index contributed by atoms with van der Waals surface area (Å²) in [4.78, 5) is 12.1.